The number of methoxy groups -OCH3 is 2. The van der Waals surface area contributed by atoms with Crippen LogP contribution < -0.4 is 20.7 Å². The van der Waals surface area contributed by atoms with Crippen LogP contribution >= 0.6 is 11.3 Å². The fourth-order valence-electron chi connectivity index (χ4n) is 1.95. The molecule has 0 spiro atoms. The summed E-state index contributed by atoms with van der Waals surface area (Å²) in [7, 11) is 3.28. The Kier molecular flexibility index (Phi) is 4.79. The van der Waals surface area contributed by atoms with Gasteiger partial charge in [-0.3, -0.25) is 11.3 Å². The van der Waals surface area contributed by atoms with E-state index < -0.39 is 0 Å². The quantitative estimate of drug-likeness (QED) is 0.630. The van der Waals surface area contributed by atoms with Crippen molar-refractivity contribution >= 4 is 11.3 Å². The molecule has 1 aromatic heterocycles. The van der Waals surface area contributed by atoms with E-state index in [9.17, 15) is 0 Å². The van der Waals surface area contributed by atoms with Crippen molar-refractivity contribution in [3.8, 4) is 11.5 Å². The SMILES string of the molecule is COc1cc(OC)cc(C(Cc2ccsc2)NN)c1. The third kappa shape index (κ3) is 3.47. The Balaban J connectivity index is 2.26. The maximum absolute atomic E-state index is 5.68. The van der Waals surface area contributed by atoms with Crippen molar-refractivity contribution < 1.29 is 9.47 Å². The Morgan fingerprint density at radius 2 is 1.89 bits per heavy atom. The van der Waals surface area contributed by atoms with Crippen molar-refractivity contribution in [2.45, 2.75) is 12.5 Å². The van der Waals surface area contributed by atoms with Crippen LogP contribution in [0.15, 0.2) is 35.0 Å². The van der Waals surface area contributed by atoms with Crippen LogP contribution in [-0.4, -0.2) is 14.2 Å². The second kappa shape index (κ2) is 6.56. The number of hydrogen-bond acceptors (Lipinski definition) is 5. The summed E-state index contributed by atoms with van der Waals surface area (Å²) >= 11 is 1.68. The van der Waals surface area contributed by atoms with E-state index in [0.717, 1.165) is 23.5 Å². The van der Waals surface area contributed by atoms with E-state index in [1.807, 2.05) is 18.2 Å². The maximum atomic E-state index is 5.68. The topological polar surface area (TPSA) is 56.5 Å². The molecule has 0 aliphatic carbocycles. The molecule has 0 bridgehead atoms. The van der Waals surface area contributed by atoms with Crippen LogP contribution in [0, 0.1) is 0 Å². The maximum Gasteiger partial charge on any atom is 0.122 e. The van der Waals surface area contributed by atoms with Crippen molar-refractivity contribution in [3.63, 3.8) is 0 Å². The summed E-state index contributed by atoms with van der Waals surface area (Å²) in [4.78, 5) is 0. The molecule has 0 amide bonds. The van der Waals surface area contributed by atoms with Gasteiger partial charge in [-0.25, -0.2) is 0 Å². The first-order chi connectivity index (χ1) is 9.26. The number of hydrogen-bond donors (Lipinski definition) is 2. The van der Waals surface area contributed by atoms with Crippen LogP contribution in [0.2, 0.25) is 0 Å². The van der Waals surface area contributed by atoms with Gasteiger partial charge in [-0.15, -0.1) is 0 Å². The number of nitrogens with two attached hydrogens (primary N) is 1. The Hall–Kier alpha value is -1.56. The number of hydrazine groups is 1. The number of benzene rings is 1. The van der Waals surface area contributed by atoms with Gasteiger partial charge in [-0.05, 0) is 46.5 Å². The number of ether oxygens (including phenoxy) is 2. The van der Waals surface area contributed by atoms with E-state index >= 15 is 0 Å². The lowest BCUT2D eigenvalue weighted by molar-refractivity contribution is 0.391. The highest BCUT2D eigenvalue weighted by molar-refractivity contribution is 7.07. The van der Waals surface area contributed by atoms with Crippen molar-refractivity contribution in [3.05, 3.63) is 46.2 Å². The predicted octanol–water partition coefficient (Wildman–Crippen LogP) is 2.51. The Morgan fingerprint density at radius 1 is 1.21 bits per heavy atom. The van der Waals surface area contributed by atoms with Gasteiger partial charge in [0.05, 0.1) is 20.3 Å². The van der Waals surface area contributed by atoms with Gasteiger partial charge in [0, 0.05) is 6.07 Å². The molecule has 5 heteroatoms. The highest BCUT2D eigenvalue weighted by atomic mass is 32.1. The van der Waals surface area contributed by atoms with E-state index in [2.05, 4.69) is 22.3 Å². The fourth-order valence-corrected chi connectivity index (χ4v) is 2.63. The first-order valence-electron chi connectivity index (χ1n) is 5.97. The van der Waals surface area contributed by atoms with E-state index in [4.69, 9.17) is 15.3 Å². The molecule has 1 aromatic carbocycles. The lowest BCUT2D eigenvalue weighted by Crippen LogP contribution is -2.29. The molecule has 2 rings (SSSR count). The minimum absolute atomic E-state index is 0.0265. The first kappa shape index (κ1) is 13.9. The first-order valence-corrected chi connectivity index (χ1v) is 6.91. The summed E-state index contributed by atoms with van der Waals surface area (Å²) in [5, 5.41) is 4.19. The molecule has 0 saturated carbocycles. The largest absolute Gasteiger partial charge is 0.497 e. The number of nitrogens with one attached hydrogen (secondary N) is 1. The summed E-state index contributed by atoms with van der Waals surface area (Å²) in [6.07, 6.45) is 0.830. The number of rotatable bonds is 6. The normalized spacial score (nSPS) is 12.2. The summed E-state index contributed by atoms with van der Waals surface area (Å²) in [5.41, 5.74) is 5.16. The molecule has 0 aliphatic rings. The Morgan fingerprint density at radius 3 is 2.37 bits per heavy atom. The highest BCUT2D eigenvalue weighted by Crippen LogP contribution is 2.28. The van der Waals surface area contributed by atoms with Gasteiger partial charge in [-0.2, -0.15) is 11.3 Å². The molecule has 2 aromatic rings. The molecule has 0 saturated heterocycles. The van der Waals surface area contributed by atoms with Gasteiger partial charge in [0.1, 0.15) is 11.5 Å². The van der Waals surface area contributed by atoms with Crippen LogP contribution in [0.3, 0.4) is 0 Å². The zero-order chi connectivity index (χ0) is 13.7. The second-order valence-corrected chi connectivity index (χ2v) is 4.98. The molecule has 3 N–H and O–H groups in total. The fraction of sp³-hybridized carbons (Fsp3) is 0.286. The van der Waals surface area contributed by atoms with E-state index in [0.29, 0.717) is 0 Å². The van der Waals surface area contributed by atoms with Crippen LogP contribution in [0.4, 0.5) is 0 Å². The standard InChI is InChI=1S/C14H18N2O2S/c1-17-12-6-11(7-13(8-12)18-2)14(16-15)5-10-3-4-19-9-10/h3-4,6-9,14,16H,5,15H2,1-2H3. The summed E-state index contributed by atoms with van der Waals surface area (Å²) < 4.78 is 10.6. The highest BCUT2D eigenvalue weighted by Gasteiger charge is 2.13. The van der Waals surface area contributed by atoms with Gasteiger partial charge in [0.2, 0.25) is 0 Å². The molecule has 0 fully saturated rings. The van der Waals surface area contributed by atoms with Crippen LogP contribution in [0.25, 0.3) is 0 Å². The predicted molar refractivity (Wildman–Crippen MR) is 77.6 cm³/mol. The second-order valence-electron chi connectivity index (χ2n) is 4.20. The third-order valence-electron chi connectivity index (χ3n) is 3.00. The molecule has 102 valence electrons. The average Bonchev–Trinajstić information content (AvgIpc) is 2.97. The van der Waals surface area contributed by atoms with E-state index in [-0.39, 0.29) is 6.04 Å². The molecule has 1 heterocycles. The molecule has 1 unspecified atom stereocenters. The Labute approximate surface area is 117 Å². The molecule has 4 nitrogen and oxygen atoms in total. The lowest BCUT2D eigenvalue weighted by Gasteiger charge is -2.17. The van der Waals surface area contributed by atoms with Gasteiger partial charge in [-0.1, -0.05) is 0 Å². The summed E-state index contributed by atoms with van der Waals surface area (Å²) in [6.45, 7) is 0. The average molecular weight is 278 g/mol. The van der Waals surface area contributed by atoms with Crippen molar-refractivity contribution in [2.24, 2.45) is 5.84 Å². The molecule has 0 aliphatic heterocycles. The smallest absolute Gasteiger partial charge is 0.122 e. The molecule has 19 heavy (non-hydrogen) atoms. The minimum Gasteiger partial charge on any atom is -0.497 e. The van der Waals surface area contributed by atoms with Gasteiger partial charge in [0.15, 0.2) is 0 Å². The van der Waals surface area contributed by atoms with Gasteiger partial charge < -0.3 is 9.47 Å². The molecular formula is C14H18N2O2S. The third-order valence-corrected chi connectivity index (χ3v) is 3.73. The Bertz CT molecular complexity index is 492. The minimum atomic E-state index is 0.0265. The van der Waals surface area contributed by atoms with Crippen molar-refractivity contribution in [1.29, 1.82) is 0 Å². The lowest BCUT2D eigenvalue weighted by atomic mass is 10.0. The molecular weight excluding hydrogens is 260 g/mol. The van der Waals surface area contributed by atoms with Gasteiger partial charge >= 0.3 is 0 Å². The monoisotopic (exact) mass is 278 g/mol. The van der Waals surface area contributed by atoms with E-state index in [1.165, 1.54) is 5.56 Å². The molecule has 0 radical (unpaired) electrons. The van der Waals surface area contributed by atoms with E-state index in [1.54, 1.807) is 25.6 Å². The summed E-state index contributed by atoms with van der Waals surface area (Å²) in [5.74, 6) is 7.20. The van der Waals surface area contributed by atoms with Crippen molar-refractivity contribution in [2.75, 3.05) is 14.2 Å². The number of thiophene rings is 1. The summed E-state index contributed by atoms with van der Waals surface area (Å²) in [6, 6.07) is 7.92. The van der Waals surface area contributed by atoms with Crippen LogP contribution in [-0.2, 0) is 6.42 Å². The van der Waals surface area contributed by atoms with Gasteiger partial charge in [0.25, 0.3) is 0 Å². The van der Waals surface area contributed by atoms with Crippen molar-refractivity contribution in [1.82, 2.24) is 5.43 Å². The zero-order valence-electron chi connectivity index (χ0n) is 11.1. The zero-order valence-corrected chi connectivity index (χ0v) is 11.9. The van der Waals surface area contributed by atoms with Crippen LogP contribution in [0.1, 0.15) is 17.2 Å². The van der Waals surface area contributed by atoms with Crippen LogP contribution in [0.5, 0.6) is 11.5 Å². The molecule has 1 atom stereocenters.